The minimum atomic E-state index is -3.98. The Morgan fingerprint density at radius 2 is 2.00 bits per heavy atom. The van der Waals surface area contributed by atoms with Crippen LogP contribution in [0, 0.1) is 5.82 Å². The largest absolute Gasteiger partial charge is 0.389 e. The van der Waals surface area contributed by atoms with Gasteiger partial charge in [-0.15, -0.1) is 0 Å². The molecule has 106 valence electrons. The summed E-state index contributed by atoms with van der Waals surface area (Å²) in [7, 11) is -3.98. The van der Waals surface area contributed by atoms with Crippen molar-refractivity contribution in [1.82, 2.24) is 4.72 Å². The van der Waals surface area contributed by atoms with Crippen LogP contribution in [0.15, 0.2) is 17.0 Å². The molecular weight excluding hydrogens is 316 g/mol. The van der Waals surface area contributed by atoms with E-state index >= 15 is 0 Å². The Hall–Kier alpha value is -0.400. The molecule has 4 nitrogen and oxygen atoms in total. The van der Waals surface area contributed by atoms with E-state index in [1.807, 2.05) is 0 Å². The molecule has 0 aromatic heterocycles. The molecule has 1 saturated carbocycles. The first-order valence-electron chi connectivity index (χ1n) is 5.61. The van der Waals surface area contributed by atoms with Crippen molar-refractivity contribution >= 4 is 33.2 Å². The number of nitrogens with one attached hydrogen (secondary N) is 1. The number of sulfonamides is 1. The first-order valence-corrected chi connectivity index (χ1v) is 7.85. The van der Waals surface area contributed by atoms with Crippen molar-refractivity contribution in [2.45, 2.75) is 29.8 Å². The average molecular weight is 328 g/mol. The molecule has 0 saturated heterocycles. The number of halogens is 3. The predicted molar refractivity (Wildman–Crippen MR) is 70.4 cm³/mol. The summed E-state index contributed by atoms with van der Waals surface area (Å²) >= 11 is 11.1. The number of hydrogen-bond donors (Lipinski definition) is 2. The molecule has 1 fully saturated rings. The van der Waals surface area contributed by atoms with Gasteiger partial charge in [0.2, 0.25) is 10.0 Å². The molecule has 0 atom stereocenters. The van der Waals surface area contributed by atoms with Gasteiger partial charge in [0.1, 0.15) is 4.90 Å². The van der Waals surface area contributed by atoms with Crippen LogP contribution in [0.5, 0.6) is 0 Å². The van der Waals surface area contributed by atoms with Crippen LogP contribution in [0.3, 0.4) is 0 Å². The lowest BCUT2D eigenvalue weighted by molar-refractivity contribution is -0.0270. The van der Waals surface area contributed by atoms with Crippen LogP contribution >= 0.6 is 23.2 Å². The lowest BCUT2D eigenvalue weighted by Crippen LogP contribution is -2.47. The molecule has 0 unspecified atom stereocenters. The normalized spacial score (nSPS) is 18.1. The Morgan fingerprint density at radius 3 is 2.53 bits per heavy atom. The van der Waals surface area contributed by atoms with Crippen molar-refractivity contribution < 1.29 is 17.9 Å². The van der Waals surface area contributed by atoms with Gasteiger partial charge < -0.3 is 5.11 Å². The van der Waals surface area contributed by atoms with Crippen molar-refractivity contribution in [2.75, 3.05) is 6.54 Å². The van der Waals surface area contributed by atoms with Gasteiger partial charge >= 0.3 is 0 Å². The maximum Gasteiger partial charge on any atom is 0.242 e. The van der Waals surface area contributed by atoms with Crippen LogP contribution in [0.2, 0.25) is 10.0 Å². The maximum atomic E-state index is 13.5. The lowest BCUT2D eigenvalue weighted by Gasteiger charge is -2.36. The van der Waals surface area contributed by atoms with E-state index in [1.54, 1.807) is 0 Å². The Kier molecular flexibility index (Phi) is 4.09. The van der Waals surface area contributed by atoms with E-state index in [0.29, 0.717) is 12.8 Å². The molecule has 0 aliphatic heterocycles. The highest BCUT2D eigenvalue weighted by molar-refractivity contribution is 7.89. The van der Waals surface area contributed by atoms with Crippen molar-refractivity contribution in [2.24, 2.45) is 0 Å². The Morgan fingerprint density at radius 1 is 1.37 bits per heavy atom. The molecule has 1 aliphatic rings. The summed E-state index contributed by atoms with van der Waals surface area (Å²) in [4.78, 5) is -0.390. The van der Waals surface area contributed by atoms with Gasteiger partial charge in [-0.05, 0) is 31.4 Å². The smallest absolute Gasteiger partial charge is 0.242 e. The molecule has 1 aromatic rings. The molecule has 8 heteroatoms. The fourth-order valence-corrected chi connectivity index (χ4v) is 3.65. The van der Waals surface area contributed by atoms with Gasteiger partial charge in [0.05, 0.1) is 15.6 Å². The van der Waals surface area contributed by atoms with E-state index < -0.39 is 26.5 Å². The average Bonchev–Trinajstić information content (AvgIpc) is 2.31. The minimum absolute atomic E-state index is 0.115. The quantitative estimate of drug-likeness (QED) is 0.834. The predicted octanol–water partition coefficient (Wildman–Crippen LogP) is 2.33. The summed E-state index contributed by atoms with van der Waals surface area (Å²) in [6.45, 7) is -0.115. The third-order valence-corrected chi connectivity index (χ3v) is 5.38. The molecule has 0 amide bonds. The Labute approximate surface area is 120 Å². The van der Waals surface area contributed by atoms with Crippen molar-refractivity contribution in [1.29, 1.82) is 0 Å². The van der Waals surface area contributed by atoms with Crippen LogP contribution in [-0.4, -0.2) is 25.7 Å². The first kappa shape index (κ1) is 15.0. The summed E-state index contributed by atoms with van der Waals surface area (Å²) in [5, 5.41) is 9.03. The van der Waals surface area contributed by atoms with Crippen LogP contribution < -0.4 is 4.72 Å². The second-order valence-electron chi connectivity index (χ2n) is 4.58. The van der Waals surface area contributed by atoms with Gasteiger partial charge in [-0.3, -0.25) is 0 Å². The lowest BCUT2D eigenvalue weighted by atomic mass is 9.81. The van der Waals surface area contributed by atoms with Crippen molar-refractivity contribution in [3.63, 3.8) is 0 Å². The second-order valence-corrected chi connectivity index (χ2v) is 7.10. The maximum absolute atomic E-state index is 13.5. The zero-order valence-electron chi connectivity index (χ0n) is 9.79. The molecule has 19 heavy (non-hydrogen) atoms. The van der Waals surface area contributed by atoms with Crippen molar-refractivity contribution in [3.8, 4) is 0 Å². The van der Waals surface area contributed by atoms with Crippen LogP contribution in [0.25, 0.3) is 0 Å². The van der Waals surface area contributed by atoms with Gasteiger partial charge in [-0.25, -0.2) is 17.5 Å². The van der Waals surface area contributed by atoms with Crippen molar-refractivity contribution in [3.05, 3.63) is 28.0 Å². The third kappa shape index (κ3) is 3.03. The van der Waals surface area contributed by atoms with Gasteiger partial charge in [0.25, 0.3) is 0 Å². The summed E-state index contributed by atoms with van der Waals surface area (Å²) in [6, 6.07) is 2.25. The van der Waals surface area contributed by atoms with Crippen LogP contribution in [-0.2, 0) is 10.0 Å². The topological polar surface area (TPSA) is 66.4 Å². The van der Waals surface area contributed by atoms with Crippen LogP contribution in [0.4, 0.5) is 4.39 Å². The highest BCUT2D eigenvalue weighted by Crippen LogP contribution is 2.32. The first-order chi connectivity index (χ1) is 8.75. The fraction of sp³-hybridized carbons (Fsp3) is 0.455. The standard InChI is InChI=1S/C11H12Cl2FNO3S/c12-7-2-3-8(9(13)10(7)14)19(17,18)15-6-11(16)4-1-5-11/h2-3,15-16H,1,4-6H2. The monoisotopic (exact) mass is 327 g/mol. The van der Waals surface area contributed by atoms with E-state index in [1.165, 1.54) is 0 Å². The highest BCUT2D eigenvalue weighted by atomic mass is 35.5. The molecule has 2 rings (SSSR count). The highest BCUT2D eigenvalue weighted by Gasteiger charge is 2.36. The van der Waals surface area contributed by atoms with E-state index in [4.69, 9.17) is 23.2 Å². The molecule has 1 aliphatic carbocycles. The molecule has 0 radical (unpaired) electrons. The van der Waals surface area contributed by atoms with E-state index in [9.17, 15) is 17.9 Å². The zero-order valence-corrected chi connectivity index (χ0v) is 12.1. The summed E-state index contributed by atoms with van der Waals surface area (Å²) in [5.41, 5.74) is -1.01. The summed E-state index contributed by atoms with van der Waals surface area (Å²) in [6.07, 6.45) is 1.94. The molecular formula is C11H12Cl2FNO3S. The number of rotatable bonds is 4. The Bertz CT molecular complexity index is 602. The second kappa shape index (κ2) is 5.18. The zero-order chi connectivity index (χ0) is 14.3. The number of hydrogen-bond acceptors (Lipinski definition) is 3. The molecule has 2 N–H and O–H groups in total. The van der Waals surface area contributed by atoms with Gasteiger partial charge in [0, 0.05) is 6.54 Å². The van der Waals surface area contributed by atoms with E-state index in [2.05, 4.69) is 4.72 Å². The van der Waals surface area contributed by atoms with Crippen LogP contribution in [0.1, 0.15) is 19.3 Å². The SMILES string of the molecule is O=S(=O)(NCC1(O)CCC1)c1ccc(Cl)c(F)c1Cl. The number of benzene rings is 1. The van der Waals surface area contributed by atoms with Gasteiger partial charge in [0.15, 0.2) is 5.82 Å². The summed E-state index contributed by atoms with van der Waals surface area (Å²) in [5.74, 6) is -0.978. The molecule has 0 heterocycles. The molecule has 0 bridgehead atoms. The third-order valence-electron chi connectivity index (χ3n) is 3.16. The molecule has 1 aromatic carbocycles. The number of aliphatic hydroxyl groups is 1. The summed E-state index contributed by atoms with van der Waals surface area (Å²) < 4.78 is 39.7. The van der Waals surface area contributed by atoms with E-state index in [0.717, 1.165) is 18.6 Å². The minimum Gasteiger partial charge on any atom is -0.389 e. The van der Waals surface area contributed by atoms with Gasteiger partial charge in [-0.1, -0.05) is 23.2 Å². The van der Waals surface area contributed by atoms with E-state index in [-0.39, 0.29) is 16.5 Å². The fourth-order valence-electron chi connectivity index (χ4n) is 1.78. The Balaban J connectivity index is 2.22. The van der Waals surface area contributed by atoms with Gasteiger partial charge in [-0.2, -0.15) is 0 Å². The molecule has 0 spiro atoms.